The number of likely N-dealkylation sites (tertiary alicyclic amines) is 1. The second-order valence-electron chi connectivity index (χ2n) is 6.21. The fourth-order valence-electron chi connectivity index (χ4n) is 3.66. The van der Waals surface area contributed by atoms with Crippen molar-refractivity contribution in [3.8, 4) is 0 Å². The van der Waals surface area contributed by atoms with Gasteiger partial charge in [0.05, 0.1) is 18.8 Å². The third-order valence-electron chi connectivity index (χ3n) is 4.87. The molecule has 0 bridgehead atoms. The van der Waals surface area contributed by atoms with E-state index >= 15 is 0 Å². The third-order valence-corrected chi connectivity index (χ3v) is 4.87. The van der Waals surface area contributed by atoms with Gasteiger partial charge in [-0.15, -0.1) is 0 Å². The van der Waals surface area contributed by atoms with E-state index in [0.717, 1.165) is 38.3 Å². The molecule has 0 radical (unpaired) electrons. The van der Waals surface area contributed by atoms with Crippen LogP contribution in [0.5, 0.6) is 0 Å². The van der Waals surface area contributed by atoms with Gasteiger partial charge in [0.1, 0.15) is 0 Å². The van der Waals surface area contributed by atoms with Crippen molar-refractivity contribution in [3.05, 3.63) is 17.5 Å². The lowest BCUT2D eigenvalue weighted by atomic mass is 10.0. The maximum atomic E-state index is 12.6. The highest BCUT2D eigenvalue weighted by atomic mass is 16.2. The van der Waals surface area contributed by atoms with Gasteiger partial charge in [-0.25, -0.2) is 0 Å². The minimum absolute atomic E-state index is 0.0314. The summed E-state index contributed by atoms with van der Waals surface area (Å²) in [5.41, 5.74) is 1.46. The monoisotopic (exact) mass is 289 g/mol. The van der Waals surface area contributed by atoms with Crippen LogP contribution in [0.4, 0.5) is 0 Å². The summed E-state index contributed by atoms with van der Waals surface area (Å²) in [6, 6.07) is 1.84. The fraction of sp³-hybridized carbons (Fsp3) is 0.643. The number of carbonyl (C=O) groups is 2. The molecule has 0 spiro atoms. The number of hydrogen-bond acceptors (Lipinski definition) is 4. The Labute approximate surface area is 122 Å². The molecule has 0 saturated carbocycles. The van der Waals surface area contributed by atoms with Crippen molar-refractivity contribution in [2.24, 2.45) is 11.8 Å². The molecule has 2 saturated heterocycles. The first kappa shape index (κ1) is 12.8. The lowest BCUT2D eigenvalue weighted by Crippen LogP contribution is -2.33. The normalized spacial score (nSPS) is 27.6. The van der Waals surface area contributed by atoms with Crippen molar-refractivity contribution >= 4 is 12.3 Å². The first-order valence-corrected chi connectivity index (χ1v) is 7.50. The summed E-state index contributed by atoms with van der Waals surface area (Å²) in [6.45, 7) is 5.56. The van der Waals surface area contributed by atoms with Crippen LogP contribution in [0.15, 0.2) is 6.07 Å². The molecule has 1 aromatic heterocycles. The van der Waals surface area contributed by atoms with E-state index in [-0.39, 0.29) is 5.91 Å². The Kier molecular flexibility index (Phi) is 2.95. The molecule has 21 heavy (non-hydrogen) atoms. The number of nitrogens with one attached hydrogen (secondary N) is 1. The van der Waals surface area contributed by atoms with Crippen LogP contribution in [0.1, 0.15) is 16.2 Å². The first-order valence-electron chi connectivity index (χ1n) is 7.50. The van der Waals surface area contributed by atoms with Crippen molar-refractivity contribution in [2.75, 3.05) is 32.7 Å². The molecule has 3 aliphatic rings. The van der Waals surface area contributed by atoms with Gasteiger partial charge in [0.2, 0.25) is 6.41 Å². The smallest absolute Gasteiger partial charge is 0.274 e. The molecular weight excluding hydrogens is 270 g/mol. The highest BCUT2D eigenvalue weighted by Crippen LogP contribution is 2.27. The number of nitrogens with zero attached hydrogens (tertiary/aromatic N) is 4. The van der Waals surface area contributed by atoms with E-state index in [1.54, 1.807) is 4.90 Å². The van der Waals surface area contributed by atoms with Gasteiger partial charge < -0.3 is 15.1 Å². The zero-order valence-electron chi connectivity index (χ0n) is 11.9. The summed E-state index contributed by atoms with van der Waals surface area (Å²) in [4.78, 5) is 27.1. The molecule has 0 aliphatic carbocycles. The molecular formula is C14H19N5O2. The summed E-state index contributed by atoms with van der Waals surface area (Å²) in [7, 11) is 0. The van der Waals surface area contributed by atoms with Gasteiger partial charge in [-0.3, -0.25) is 14.3 Å². The Balaban J connectivity index is 1.51. The molecule has 2 fully saturated rings. The van der Waals surface area contributed by atoms with Gasteiger partial charge in [-0.1, -0.05) is 0 Å². The molecule has 7 nitrogen and oxygen atoms in total. The molecule has 7 heteroatoms. The Bertz CT molecular complexity index is 572. The maximum Gasteiger partial charge on any atom is 0.274 e. The van der Waals surface area contributed by atoms with E-state index in [9.17, 15) is 9.59 Å². The maximum absolute atomic E-state index is 12.6. The Morgan fingerprint density at radius 3 is 2.76 bits per heavy atom. The van der Waals surface area contributed by atoms with Gasteiger partial charge in [0.15, 0.2) is 5.69 Å². The van der Waals surface area contributed by atoms with Crippen LogP contribution in [0.3, 0.4) is 0 Å². The van der Waals surface area contributed by atoms with E-state index in [1.807, 2.05) is 15.6 Å². The molecule has 1 N–H and O–H groups in total. The summed E-state index contributed by atoms with van der Waals surface area (Å²) < 4.78 is 1.85. The van der Waals surface area contributed by atoms with Crippen LogP contribution in [0.25, 0.3) is 0 Å². The van der Waals surface area contributed by atoms with Crippen LogP contribution in [0, 0.1) is 11.8 Å². The highest BCUT2D eigenvalue weighted by Gasteiger charge is 2.39. The molecule has 2 amide bonds. The van der Waals surface area contributed by atoms with Gasteiger partial charge in [0.25, 0.3) is 5.91 Å². The number of rotatable bonds is 2. The zero-order valence-corrected chi connectivity index (χ0v) is 11.9. The van der Waals surface area contributed by atoms with Crippen LogP contribution in [-0.2, 0) is 17.9 Å². The molecule has 0 aromatic carbocycles. The summed E-state index contributed by atoms with van der Waals surface area (Å²) in [5.74, 6) is 1.22. The van der Waals surface area contributed by atoms with Crippen LogP contribution in [-0.4, -0.2) is 64.6 Å². The van der Waals surface area contributed by atoms with Gasteiger partial charge >= 0.3 is 0 Å². The Morgan fingerprint density at radius 1 is 1.29 bits per heavy atom. The Hall–Kier alpha value is -1.89. The predicted octanol–water partition coefficient (Wildman–Crippen LogP) is -0.853. The van der Waals surface area contributed by atoms with Crippen molar-refractivity contribution in [3.63, 3.8) is 0 Å². The van der Waals surface area contributed by atoms with Gasteiger partial charge in [0, 0.05) is 32.7 Å². The average Bonchev–Trinajstić information content (AvgIpc) is 3.18. The third kappa shape index (κ3) is 2.12. The minimum Gasteiger partial charge on any atom is -0.338 e. The lowest BCUT2D eigenvalue weighted by Gasteiger charge is -2.23. The molecule has 1 aromatic rings. The van der Waals surface area contributed by atoms with E-state index in [1.165, 1.54) is 0 Å². The summed E-state index contributed by atoms with van der Waals surface area (Å²) in [5, 5.41) is 7.80. The topological polar surface area (TPSA) is 70.5 Å². The Morgan fingerprint density at radius 2 is 2.05 bits per heavy atom. The number of amides is 2. The van der Waals surface area contributed by atoms with E-state index in [2.05, 4.69) is 10.4 Å². The molecule has 4 heterocycles. The number of fused-ring (bicyclic) bond motifs is 2. The molecule has 2 atom stereocenters. The first-order chi connectivity index (χ1) is 10.2. The molecule has 4 rings (SSSR count). The van der Waals surface area contributed by atoms with Crippen molar-refractivity contribution < 1.29 is 9.59 Å². The van der Waals surface area contributed by atoms with Crippen LogP contribution >= 0.6 is 0 Å². The number of hydrogen-bond donors (Lipinski definition) is 1. The van der Waals surface area contributed by atoms with Crippen molar-refractivity contribution in [1.82, 2.24) is 24.9 Å². The molecule has 2 unspecified atom stereocenters. The molecule has 112 valence electrons. The minimum atomic E-state index is 0.0314. The fourth-order valence-corrected chi connectivity index (χ4v) is 3.66. The van der Waals surface area contributed by atoms with Crippen LogP contribution < -0.4 is 5.32 Å². The predicted molar refractivity (Wildman–Crippen MR) is 74.5 cm³/mol. The SMILES string of the molecule is O=CN1CCn2nc(C(=O)N3CC4CNCC4C3)cc2C1. The van der Waals surface area contributed by atoms with Gasteiger partial charge in [-0.2, -0.15) is 5.10 Å². The summed E-state index contributed by atoms with van der Waals surface area (Å²) in [6.07, 6.45) is 0.854. The highest BCUT2D eigenvalue weighted by molar-refractivity contribution is 5.92. The van der Waals surface area contributed by atoms with Crippen molar-refractivity contribution in [2.45, 2.75) is 13.1 Å². The number of aromatic nitrogens is 2. The largest absolute Gasteiger partial charge is 0.338 e. The quantitative estimate of drug-likeness (QED) is 0.720. The lowest BCUT2D eigenvalue weighted by molar-refractivity contribution is -0.119. The van der Waals surface area contributed by atoms with E-state index < -0.39 is 0 Å². The molecule has 3 aliphatic heterocycles. The zero-order chi connectivity index (χ0) is 14.4. The second-order valence-corrected chi connectivity index (χ2v) is 6.21. The average molecular weight is 289 g/mol. The number of carbonyl (C=O) groups excluding carboxylic acids is 2. The summed E-state index contributed by atoms with van der Waals surface area (Å²) >= 11 is 0. The van der Waals surface area contributed by atoms with Crippen LogP contribution in [0.2, 0.25) is 0 Å². The second kappa shape index (κ2) is 4.84. The van der Waals surface area contributed by atoms with E-state index in [4.69, 9.17) is 0 Å². The standard InChI is InChI=1S/C14H19N5O2/c20-9-17-1-2-19-12(8-17)3-13(16-19)14(21)18-6-10-4-15-5-11(10)7-18/h3,9-11,15H,1-2,4-8H2. The van der Waals surface area contributed by atoms with Crippen molar-refractivity contribution in [1.29, 1.82) is 0 Å². The van der Waals surface area contributed by atoms with Gasteiger partial charge in [-0.05, 0) is 17.9 Å². The van der Waals surface area contributed by atoms with E-state index in [0.29, 0.717) is 37.2 Å².